The second-order valence-corrected chi connectivity index (χ2v) is 6.59. The Morgan fingerprint density at radius 3 is 2.76 bits per heavy atom. The minimum atomic E-state index is -0.859. The van der Waals surface area contributed by atoms with Gasteiger partial charge in [-0.1, -0.05) is 23.9 Å². The van der Waals surface area contributed by atoms with Crippen LogP contribution in [0, 0.1) is 11.6 Å². The van der Waals surface area contributed by atoms with Gasteiger partial charge in [-0.05, 0) is 31.2 Å². The van der Waals surface area contributed by atoms with Gasteiger partial charge >= 0.3 is 0 Å². The van der Waals surface area contributed by atoms with Crippen LogP contribution in [0.15, 0.2) is 52.4 Å². The lowest BCUT2D eigenvalue weighted by molar-refractivity contribution is -0.115. The van der Waals surface area contributed by atoms with Crippen LogP contribution in [0.4, 0.5) is 14.5 Å². The summed E-state index contributed by atoms with van der Waals surface area (Å²) in [4.78, 5) is 31.1. The van der Waals surface area contributed by atoms with Crippen molar-refractivity contribution in [3.05, 3.63) is 64.5 Å². The third-order valence-corrected chi connectivity index (χ3v) is 4.42. The number of carbonyl (C=O) groups excluding carboxylic acids is 1. The topological polar surface area (TPSA) is 74.8 Å². The summed E-state index contributed by atoms with van der Waals surface area (Å²) in [5.41, 5.74) is 0.107. The Balaban J connectivity index is 1.76. The molecule has 0 bridgehead atoms. The normalized spacial score (nSPS) is 12.1. The summed E-state index contributed by atoms with van der Waals surface area (Å²) >= 11 is 1.03. The molecular formula is C17H13F2N3O2S. The number of benzene rings is 2. The second-order valence-electron chi connectivity index (χ2n) is 5.26. The number of nitrogens with zero attached hydrogens (tertiary/aromatic N) is 1. The summed E-state index contributed by atoms with van der Waals surface area (Å²) in [6.45, 7) is 1.59. The Bertz CT molecular complexity index is 1010. The molecule has 1 atom stereocenters. The molecule has 0 aliphatic heterocycles. The number of fused-ring (bicyclic) bond motifs is 1. The molecule has 2 aromatic carbocycles. The number of H-pyrrole nitrogens is 1. The molecule has 0 radical (unpaired) electrons. The van der Waals surface area contributed by atoms with Crippen molar-refractivity contribution in [1.29, 1.82) is 0 Å². The van der Waals surface area contributed by atoms with E-state index in [1.807, 2.05) is 0 Å². The van der Waals surface area contributed by atoms with Crippen LogP contribution in [0.1, 0.15) is 6.92 Å². The van der Waals surface area contributed by atoms with E-state index in [1.165, 1.54) is 0 Å². The van der Waals surface area contributed by atoms with E-state index >= 15 is 0 Å². The first-order chi connectivity index (χ1) is 11.9. The molecule has 2 N–H and O–H groups in total. The molecular weight excluding hydrogens is 348 g/mol. The molecule has 0 aliphatic rings. The lowest BCUT2D eigenvalue weighted by Crippen LogP contribution is -2.23. The minimum absolute atomic E-state index is 0.112. The summed E-state index contributed by atoms with van der Waals surface area (Å²) in [7, 11) is 0. The maximum atomic E-state index is 13.6. The first-order valence-corrected chi connectivity index (χ1v) is 8.23. The van der Waals surface area contributed by atoms with Crippen LogP contribution in [0.2, 0.25) is 0 Å². The fraction of sp³-hybridized carbons (Fsp3) is 0.118. The van der Waals surface area contributed by atoms with Crippen LogP contribution in [-0.4, -0.2) is 21.1 Å². The highest BCUT2D eigenvalue weighted by molar-refractivity contribution is 8.00. The van der Waals surface area contributed by atoms with Gasteiger partial charge in [-0.15, -0.1) is 0 Å². The third-order valence-electron chi connectivity index (χ3n) is 3.44. The van der Waals surface area contributed by atoms with E-state index in [9.17, 15) is 18.4 Å². The lowest BCUT2D eigenvalue weighted by Gasteiger charge is -2.12. The molecule has 0 saturated heterocycles. The molecule has 0 aliphatic carbocycles. The van der Waals surface area contributed by atoms with Gasteiger partial charge in [-0.3, -0.25) is 9.59 Å². The maximum Gasteiger partial charge on any atom is 0.259 e. The van der Waals surface area contributed by atoms with Crippen molar-refractivity contribution < 1.29 is 13.6 Å². The quantitative estimate of drug-likeness (QED) is 0.552. The highest BCUT2D eigenvalue weighted by atomic mass is 32.2. The highest BCUT2D eigenvalue weighted by Gasteiger charge is 2.18. The van der Waals surface area contributed by atoms with Crippen LogP contribution >= 0.6 is 11.8 Å². The van der Waals surface area contributed by atoms with Gasteiger partial charge in [0.2, 0.25) is 5.91 Å². The molecule has 3 aromatic rings. The van der Waals surface area contributed by atoms with Crippen molar-refractivity contribution in [2.24, 2.45) is 0 Å². The van der Waals surface area contributed by atoms with Gasteiger partial charge in [0.1, 0.15) is 11.6 Å². The average molecular weight is 361 g/mol. The number of anilines is 1. The number of amides is 1. The zero-order valence-electron chi connectivity index (χ0n) is 13.0. The van der Waals surface area contributed by atoms with E-state index < -0.39 is 22.8 Å². The van der Waals surface area contributed by atoms with E-state index in [1.54, 1.807) is 31.2 Å². The molecule has 3 rings (SSSR count). The molecule has 0 saturated carbocycles. The van der Waals surface area contributed by atoms with Crippen molar-refractivity contribution in [3.63, 3.8) is 0 Å². The molecule has 25 heavy (non-hydrogen) atoms. The molecule has 1 amide bonds. The van der Waals surface area contributed by atoms with Crippen molar-refractivity contribution in [2.75, 3.05) is 5.32 Å². The molecule has 128 valence electrons. The Kier molecular flexibility index (Phi) is 4.80. The Morgan fingerprint density at radius 1 is 1.24 bits per heavy atom. The Labute approximate surface area is 145 Å². The van der Waals surface area contributed by atoms with Gasteiger partial charge in [-0.2, -0.15) is 0 Å². The molecule has 8 heteroatoms. The molecule has 1 aromatic heterocycles. The minimum Gasteiger partial charge on any atom is -0.323 e. The van der Waals surface area contributed by atoms with Crippen LogP contribution in [0.25, 0.3) is 10.9 Å². The lowest BCUT2D eigenvalue weighted by atomic mass is 10.2. The number of thioether (sulfide) groups is 1. The van der Waals surface area contributed by atoms with Gasteiger partial charge in [0.15, 0.2) is 5.16 Å². The second kappa shape index (κ2) is 7.02. The number of carbonyl (C=O) groups is 1. The van der Waals surface area contributed by atoms with Crippen molar-refractivity contribution in [1.82, 2.24) is 9.97 Å². The number of rotatable bonds is 4. The van der Waals surface area contributed by atoms with Crippen LogP contribution in [0.3, 0.4) is 0 Å². The molecule has 0 spiro atoms. The summed E-state index contributed by atoms with van der Waals surface area (Å²) in [5, 5.41) is 2.47. The standard InChI is InChI=1S/C17H13F2N3O2S/c1-9(15(23)20-14-7-6-10(18)8-12(14)19)25-17-21-13-5-3-2-4-11(13)16(24)22-17/h2-9H,1H3,(H,20,23)(H,21,22,24). The SMILES string of the molecule is CC(Sc1nc2ccccc2c(=O)[nH]1)C(=O)Nc1ccc(F)cc1F. The van der Waals surface area contributed by atoms with E-state index in [-0.39, 0.29) is 16.4 Å². The fourth-order valence-corrected chi connectivity index (χ4v) is 2.97. The van der Waals surface area contributed by atoms with Crippen LogP contribution < -0.4 is 10.9 Å². The smallest absolute Gasteiger partial charge is 0.259 e. The predicted molar refractivity (Wildman–Crippen MR) is 92.7 cm³/mol. The summed E-state index contributed by atoms with van der Waals surface area (Å²) in [6.07, 6.45) is 0. The van der Waals surface area contributed by atoms with Crippen molar-refractivity contribution in [2.45, 2.75) is 17.3 Å². The van der Waals surface area contributed by atoms with Crippen molar-refractivity contribution >= 4 is 34.3 Å². The van der Waals surface area contributed by atoms with Gasteiger partial charge in [0, 0.05) is 6.07 Å². The number of hydrogen-bond donors (Lipinski definition) is 2. The largest absolute Gasteiger partial charge is 0.323 e. The first-order valence-electron chi connectivity index (χ1n) is 7.35. The average Bonchev–Trinajstić information content (AvgIpc) is 2.57. The number of halogens is 2. The van der Waals surface area contributed by atoms with Gasteiger partial charge in [-0.25, -0.2) is 13.8 Å². The number of aromatic nitrogens is 2. The van der Waals surface area contributed by atoms with Crippen molar-refractivity contribution in [3.8, 4) is 0 Å². The number of aromatic amines is 1. The molecule has 0 fully saturated rings. The van der Waals surface area contributed by atoms with E-state index in [2.05, 4.69) is 15.3 Å². The predicted octanol–water partition coefficient (Wildman–Crippen LogP) is 3.32. The Hall–Kier alpha value is -2.74. The molecule has 5 nitrogen and oxygen atoms in total. The van der Waals surface area contributed by atoms with Gasteiger partial charge in [0.25, 0.3) is 5.56 Å². The number of hydrogen-bond acceptors (Lipinski definition) is 4. The highest BCUT2D eigenvalue weighted by Crippen LogP contribution is 2.22. The van der Waals surface area contributed by atoms with E-state index in [0.717, 1.165) is 23.9 Å². The number of para-hydroxylation sites is 1. The van der Waals surface area contributed by atoms with Gasteiger partial charge < -0.3 is 10.3 Å². The van der Waals surface area contributed by atoms with Crippen LogP contribution in [0.5, 0.6) is 0 Å². The number of nitrogens with one attached hydrogen (secondary N) is 2. The fourth-order valence-electron chi connectivity index (χ4n) is 2.17. The van der Waals surface area contributed by atoms with E-state index in [4.69, 9.17) is 0 Å². The zero-order valence-corrected chi connectivity index (χ0v) is 13.9. The Morgan fingerprint density at radius 2 is 2.00 bits per heavy atom. The maximum absolute atomic E-state index is 13.6. The van der Waals surface area contributed by atoms with E-state index in [0.29, 0.717) is 17.0 Å². The zero-order chi connectivity index (χ0) is 18.0. The summed E-state index contributed by atoms with van der Waals surface area (Å²) in [5.74, 6) is -2.08. The first kappa shape index (κ1) is 17.1. The monoisotopic (exact) mass is 361 g/mol. The van der Waals surface area contributed by atoms with Gasteiger partial charge in [0.05, 0.1) is 21.8 Å². The third kappa shape index (κ3) is 3.85. The molecule has 1 heterocycles. The molecule has 1 unspecified atom stereocenters. The summed E-state index contributed by atoms with van der Waals surface area (Å²) < 4.78 is 26.5. The van der Waals surface area contributed by atoms with Crippen LogP contribution in [-0.2, 0) is 4.79 Å². The summed E-state index contributed by atoms with van der Waals surface area (Å²) in [6, 6.07) is 9.75.